The minimum Gasteiger partial charge on any atom is -0.490 e. The van der Waals surface area contributed by atoms with Gasteiger partial charge >= 0.3 is 0 Å². The van der Waals surface area contributed by atoms with E-state index in [0.717, 1.165) is 18.4 Å². The average Bonchev–Trinajstić information content (AvgIpc) is 2.79. The molecule has 0 atom stereocenters. The van der Waals surface area contributed by atoms with Crippen molar-refractivity contribution in [3.63, 3.8) is 0 Å². The van der Waals surface area contributed by atoms with Gasteiger partial charge in [0.25, 0.3) is 11.5 Å². The molecule has 0 aliphatic carbocycles. The maximum Gasteiger partial charge on any atom is 0.287 e. The molecule has 4 rings (SSSR count). The number of hydrogen-bond acceptors (Lipinski definition) is 6. The van der Waals surface area contributed by atoms with Crippen molar-refractivity contribution in [2.75, 3.05) is 18.0 Å². The highest BCUT2D eigenvalue weighted by Gasteiger charge is 2.24. The van der Waals surface area contributed by atoms with Gasteiger partial charge in [0.2, 0.25) is 0 Å². The number of nitrogens with zero attached hydrogens (tertiary/aromatic N) is 4. The van der Waals surface area contributed by atoms with Crippen molar-refractivity contribution in [1.29, 1.82) is 0 Å². The molecule has 0 saturated carbocycles. The summed E-state index contributed by atoms with van der Waals surface area (Å²) in [6.45, 7) is 1.71. The number of aromatic nitrogens is 3. The standard InChI is InChI=1S/C22H22ClN5O3/c23-20-19(13-26-28(22(20)30)14-15-4-2-1-3-5-15)27-10-7-16(8-11-27)31-17-6-9-25-18(12-17)21(24)29/h1-6,9,12-13,16H,7-8,10-11,14H2,(H2,24,29). The number of ether oxygens (including phenoxy) is 1. The second kappa shape index (κ2) is 9.18. The number of halogens is 1. The Labute approximate surface area is 184 Å². The minimum atomic E-state index is -0.593. The lowest BCUT2D eigenvalue weighted by Crippen LogP contribution is -2.39. The van der Waals surface area contributed by atoms with Gasteiger partial charge in [-0.25, -0.2) is 4.68 Å². The highest BCUT2D eigenvalue weighted by molar-refractivity contribution is 6.33. The molecule has 0 bridgehead atoms. The molecule has 0 radical (unpaired) electrons. The van der Waals surface area contributed by atoms with Gasteiger partial charge in [-0.1, -0.05) is 41.9 Å². The largest absolute Gasteiger partial charge is 0.490 e. The van der Waals surface area contributed by atoms with E-state index in [1.165, 1.54) is 10.9 Å². The third kappa shape index (κ3) is 4.86. The Morgan fingerprint density at radius 1 is 1.19 bits per heavy atom. The predicted octanol–water partition coefficient (Wildman–Crippen LogP) is 2.49. The van der Waals surface area contributed by atoms with Crippen molar-refractivity contribution in [2.45, 2.75) is 25.5 Å². The Hall–Kier alpha value is -3.39. The van der Waals surface area contributed by atoms with Crippen molar-refractivity contribution < 1.29 is 9.53 Å². The van der Waals surface area contributed by atoms with Crippen LogP contribution < -0.4 is 20.9 Å². The molecule has 0 spiro atoms. The van der Waals surface area contributed by atoms with Gasteiger partial charge in [0.15, 0.2) is 0 Å². The Morgan fingerprint density at radius 3 is 2.65 bits per heavy atom. The van der Waals surface area contributed by atoms with Crippen LogP contribution in [-0.4, -0.2) is 39.9 Å². The molecule has 3 heterocycles. The van der Waals surface area contributed by atoms with Crippen LogP contribution in [0.2, 0.25) is 5.02 Å². The number of nitrogens with two attached hydrogens (primary N) is 1. The Kier molecular flexibility index (Phi) is 6.18. The highest BCUT2D eigenvalue weighted by Crippen LogP contribution is 2.26. The summed E-state index contributed by atoms with van der Waals surface area (Å²) in [5.41, 5.74) is 6.75. The van der Waals surface area contributed by atoms with Crippen molar-refractivity contribution in [3.8, 4) is 5.75 Å². The highest BCUT2D eigenvalue weighted by atomic mass is 35.5. The molecule has 9 heteroatoms. The first-order valence-corrected chi connectivity index (χ1v) is 10.4. The van der Waals surface area contributed by atoms with E-state index in [4.69, 9.17) is 22.1 Å². The third-order valence-corrected chi connectivity index (χ3v) is 5.57. The van der Waals surface area contributed by atoms with Crippen molar-refractivity contribution in [1.82, 2.24) is 14.8 Å². The zero-order chi connectivity index (χ0) is 21.8. The lowest BCUT2D eigenvalue weighted by atomic mass is 10.1. The molecule has 2 N–H and O–H groups in total. The number of hydrogen-bond donors (Lipinski definition) is 1. The maximum atomic E-state index is 12.7. The lowest BCUT2D eigenvalue weighted by molar-refractivity contribution is 0.0994. The average molecular weight is 440 g/mol. The normalized spacial score (nSPS) is 14.4. The quantitative estimate of drug-likeness (QED) is 0.632. The van der Waals surface area contributed by atoms with Crippen LogP contribution in [0.15, 0.2) is 59.7 Å². The van der Waals surface area contributed by atoms with Gasteiger partial charge in [-0.05, 0) is 11.6 Å². The summed E-state index contributed by atoms with van der Waals surface area (Å²) in [6.07, 6.45) is 4.59. The summed E-state index contributed by atoms with van der Waals surface area (Å²) in [7, 11) is 0. The van der Waals surface area contributed by atoms with Crippen LogP contribution in [0, 0.1) is 0 Å². The number of piperidine rings is 1. The van der Waals surface area contributed by atoms with E-state index in [2.05, 4.69) is 10.1 Å². The summed E-state index contributed by atoms with van der Waals surface area (Å²) in [4.78, 5) is 30.0. The fraction of sp³-hybridized carbons (Fsp3) is 0.273. The summed E-state index contributed by atoms with van der Waals surface area (Å²) in [6, 6.07) is 12.9. The fourth-order valence-electron chi connectivity index (χ4n) is 3.57. The smallest absolute Gasteiger partial charge is 0.287 e. The number of anilines is 1. The van der Waals surface area contributed by atoms with Crippen LogP contribution in [0.1, 0.15) is 28.9 Å². The predicted molar refractivity (Wildman–Crippen MR) is 118 cm³/mol. The minimum absolute atomic E-state index is 0.0236. The van der Waals surface area contributed by atoms with E-state index < -0.39 is 5.91 Å². The number of carbonyl (C=O) groups excluding carboxylic acids is 1. The molecule has 8 nitrogen and oxygen atoms in total. The topological polar surface area (TPSA) is 103 Å². The Bertz CT molecular complexity index is 1130. The van der Waals surface area contributed by atoms with E-state index in [1.54, 1.807) is 18.3 Å². The van der Waals surface area contributed by atoms with Crippen molar-refractivity contribution in [2.24, 2.45) is 5.73 Å². The summed E-state index contributed by atoms with van der Waals surface area (Å²) >= 11 is 6.41. The van der Waals surface area contributed by atoms with Crippen LogP contribution in [0.3, 0.4) is 0 Å². The van der Waals surface area contributed by atoms with E-state index in [9.17, 15) is 9.59 Å². The number of benzene rings is 1. The number of rotatable bonds is 6. The molecule has 160 valence electrons. The van der Waals surface area contributed by atoms with Gasteiger partial charge in [0.1, 0.15) is 22.6 Å². The molecule has 3 aromatic rings. The number of primary amides is 1. The zero-order valence-corrected chi connectivity index (χ0v) is 17.5. The third-order valence-electron chi connectivity index (χ3n) is 5.21. The molecule has 1 aromatic carbocycles. The van der Waals surface area contributed by atoms with E-state index >= 15 is 0 Å². The first-order chi connectivity index (χ1) is 15.0. The molecule has 1 amide bonds. The summed E-state index contributed by atoms with van der Waals surface area (Å²) in [5.74, 6) is -0.0325. The molecule has 1 aliphatic heterocycles. The Morgan fingerprint density at radius 2 is 1.94 bits per heavy atom. The molecular formula is C22H22ClN5O3. The lowest BCUT2D eigenvalue weighted by Gasteiger charge is -2.33. The number of carbonyl (C=O) groups is 1. The van der Waals surface area contributed by atoms with Crippen LogP contribution in [-0.2, 0) is 6.54 Å². The molecule has 0 unspecified atom stereocenters. The fourth-order valence-corrected chi connectivity index (χ4v) is 3.84. The van der Waals surface area contributed by atoms with E-state index in [-0.39, 0.29) is 22.4 Å². The first-order valence-electron chi connectivity index (χ1n) is 9.98. The summed E-state index contributed by atoms with van der Waals surface area (Å²) in [5, 5.41) is 4.49. The van der Waals surface area contributed by atoms with Gasteiger partial charge in [-0.2, -0.15) is 5.10 Å². The van der Waals surface area contributed by atoms with Crippen LogP contribution in [0.5, 0.6) is 5.75 Å². The molecular weight excluding hydrogens is 418 g/mol. The maximum absolute atomic E-state index is 12.7. The van der Waals surface area contributed by atoms with Crippen LogP contribution in [0.25, 0.3) is 0 Å². The molecule has 1 saturated heterocycles. The molecule has 1 fully saturated rings. The van der Waals surface area contributed by atoms with Crippen molar-refractivity contribution in [3.05, 3.63) is 81.5 Å². The van der Waals surface area contributed by atoms with Gasteiger partial charge in [0.05, 0.1) is 18.4 Å². The first kappa shape index (κ1) is 20.9. The number of pyridine rings is 1. The second-order valence-corrected chi connectivity index (χ2v) is 7.72. The molecule has 1 aliphatic rings. The molecule has 2 aromatic heterocycles. The van der Waals surface area contributed by atoms with E-state index in [0.29, 0.717) is 31.1 Å². The molecule has 31 heavy (non-hydrogen) atoms. The zero-order valence-electron chi connectivity index (χ0n) is 16.8. The monoisotopic (exact) mass is 439 g/mol. The second-order valence-electron chi connectivity index (χ2n) is 7.34. The van der Waals surface area contributed by atoms with Crippen molar-refractivity contribution >= 4 is 23.2 Å². The SMILES string of the molecule is NC(=O)c1cc(OC2CCN(c3cnn(Cc4ccccc4)c(=O)c3Cl)CC2)ccn1. The Balaban J connectivity index is 1.40. The van der Waals surface area contributed by atoms with Gasteiger partial charge in [0, 0.05) is 38.2 Å². The summed E-state index contributed by atoms with van der Waals surface area (Å²) < 4.78 is 7.35. The van der Waals surface area contributed by atoms with E-state index in [1.807, 2.05) is 35.2 Å². The number of amides is 1. The van der Waals surface area contributed by atoms with Gasteiger partial charge in [-0.3, -0.25) is 14.6 Å². The van der Waals surface area contributed by atoms with Gasteiger partial charge < -0.3 is 15.4 Å². The van der Waals surface area contributed by atoms with Crippen LogP contribution >= 0.6 is 11.6 Å². The van der Waals surface area contributed by atoms with Gasteiger partial charge in [-0.15, -0.1) is 0 Å². The van der Waals surface area contributed by atoms with Crippen LogP contribution in [0.4, 0.5) is 5.69 Å².